The summed E-state index contributed by atoms with van der Waals surface area (Å²) in [5, 5.41) is 0. The predicted octanol–water partition coefficient (Wildman–Crippen LogP) is 3.37. The summed E-state index contributed by atoms with van der Waals surface area (Å²) in [6.07, 6.45) is 3.45. The second kappa shape index (κ2) is 7.91. The summed E-state index contributed by atoms with van der Waals surface area (Å²) < 4.78 is 17.2. The maximum atomic E-state index is 12.7. The molecule has 0 unspecified atom stereocenters. The maximum absolute atomic E-state index is 12.7. The smallest absolute Gasteiger partial charge is 0.260 e. The molecular weight excluding hydrogens is 342 g/mol. The minimum absolute atomic E-state index is 0.0349. The van der Waals surface area contributed by atoms with Crippen LogP contribution in [-0.2, 0) is 24.2 Å². The van der Waals surface area contributed by atoms with Crippen molar-refractivity contribution in [2.75, 3.05) is 26.4 Å². The Bertz CT molecular complexity index is 833. The van der Waals surface area contributed by atoms with Crippen LogP contribution in [0.15, 0.2) is 36.4 Å². The van der Waals surface area contributed by atoms with Gasteiger partial charge in [-0.3, -0.25) is 4.79 Å². The van der Waals surface area contributed by atoms with E-state index in [0.29, 0.717) is 26.3 Å². The summed E-state index contributed by atoms with van der Waals surface area (Å²) in [6, 6.07) is 12.0. The number of para-hydroxylation sites is 1. The molecule has 0 atom stereocenters. The van der Waals surface area contributed by atoms with Gasteiger partial charge in [-0.2, -0.15) is 0 Å². The number of amides is 1. The van der Waals surface area contributed by atoms with E-state index < -0.39 is 0 Å². The number of aryl methyl sites for hydroxylation is 2. The van der Waals surface area contributed by atoms with Crippen LogP contribution in [0.4, 0.5) is 0 Å². The molecular formula is C22H25NO4. The summed E-state index contributed by atoms with van der Waals surface area (Å²) in [5.74, 6) is 2.23. The molecule has 5 nitrogen and oxygen atoms in total. The third kappa shape index (κ3) is 3.87. The molecule has 5 heteroatoms. The van der Waals surface area contributed by atoms with Crippen molar-refractivity contribution in [1.29, 1.82) is 0 Å². The first-order valence-corrected chi connectivity index (χ1v) is 9.64. The van der Waals surface area contributed by atoms with Gasteiger partial charge in [-0.05, 0) is 55.5 Å². The molecule has 0 spiro atoms. The highest BCUT2D eigenvalue weighted by Gasteiger charge is 2.20. The summed E-state index contributed by atoms with van der Waals surface area (Å²) in [5.41, 5.74) is 3.71. The van der Waals surface area contributed by atoms with Crippen molar-refractivity contribution in [2.24, 2.45) is 0 Å². The Morgan fingerprint density at radius 1 is 1.11 bits per heavy atom. The fourth-order valence-electron chi connectivity index (χ4n) is 3.71. The van der Waals surface area contributed by atoms with E-state index in [-0.39, 0.29) is 12.5 Å². The molecule has 0 N–H and O–H groups in total. The average Bonchev–Trinajstić information content (AvgIpc) is 3.18. The second-order valence-corrected chi connectivity index (χ2v) is 6.92. The number of nitrogens with zero attached hydrogens (tertiary/aromatic N) is 1. The number of carbonyl (C=O) groups is 1. The molecule has 2 aromatic carbocycles. The van der Waals surface area contributed by atoms with Crippen LogP contribution < -0.4 is 14.2 Å². The van der Waals surface area contributed by atoms with Gasteiger partial charge < -0.3 is 19.1 Å². The lowest BCUT2D eigenvalue weighted by Gasteiger charge is -2.25. The molecule has 4 rings (SSSR count). The lowest BCUT2D eigenvalue weighted by molar-refractivity contribution is -0.133. The molecule has 27 heavy (non-hydrogen) atoms. The second-order valence-electron chi connectivity index (χ2n) is 6.92. The number of rotatable bonds is 6. The highest BCUT2D eigenvalue weighted by Crippen LogP contribution is 2.34. The summed E-state index contributed by atoms with van der Waals surface area (Å²) in [7, 11) is 0. The molecule has 0 bridgehead atoms. The number of ether oxygens (including phenoxy) is 3. The molecule has 142 valence electrons. The predicted molar refractivity (Wildman–Crippen MR) is 102 cm³/mol. The first-order valence-electron chi connectivity index (χ1n) is 9.64. The molecule has 2 aromatic rings. The van der Waals surface area contributed by atoms with E-state index in [1.54, 1.807) is 4.90 Å². The molecule has 0 radical (unpaired) electrons. The van der Waals surface area contributed by atoms with Crippen molar-refractivity contribution in [3.8, 4) is 17.2 Å². The minimum Gasteiger partial charge on any atom is -0.486 e. The maximum Gasteiger partial charge on any atom is 0.260 e. The molecule has 1 heterocycles. The summed E-state index contributed by atoms with van der Waals surface area (Å²) >= 11 is 0. The van der Waals surface area contributed by atoms with Gasteiger partial charge in [0, 0.05) is 18.7 Å². The highest BCUT2D eigenvalue weighted by molar-refractivity contribution is 5.78. The van der Waals surface area contributed by atoms with Crippen molar-refractivity contribution in [3.63, 3.8) is 0 Å². The zero-order valence-corrected chi connectivity index (χ0v) is 15.7. The number of hydrogen-bond donors (Lipinski definition) is 0. The molecule has 0 saturated heterocycles. The van der Waals surface area contributed by atoms with Crippen LogP contribution in [0.2, 0.25) is 0 Å². The third-order valence-corrected chi connectivity index (χ3v) is 5.18. The molecule has 0 aromatic heterocycles. The Morgan fingerprint density at radius 2 is 1.96 bits per heavy atom. The fourth-order valence-corrected chi connectivity index (χ4v) is 3.71. The molecule has 2 aliphatic rings. The van der Waals surface area contributed by atoms with E-state index in [4.69, 9.17) is 14.2 Å². The van der Waals surface area contributed by atoms with Gasteiger partial charge in [0.25, 0.3) is 5.91 Å². The number of likely N-dealkylation sites (N-methyl/N-ethyl adjacent to an activating group) is 1. The van der Waals surface area contributed by atoms with E-state index in [1.165, 1.54) is 17.5 Å². The van der Waals surface area contributed by atoms with Crippen LogP contribution in [0.25, 0.3) is 0 Å². The van der Waals surface area contributed by atoms with Gasteiger partial charge in [-0.15, -0.1) is 0 Å². The zero-order valence-electron chi connectivity index (χ0n) is 15.7. The molecule has 1 aliphatic heterocycles. The Labute approximate surface area is 159 Å². The zero-order chi connectivity index (χ0) is 18.6. The number of fused-ring (bicyclic) bond motifs is 2. The van der Waals surface area contributed by atoms with E-state index in [2.05, 4.69) is 12.1 Å². The van der Waals surface area contributed by atoms with Crippen molar-refractivity contribution in [1.82, 2.24) is 4.90 Å². The standard InChI is InChI=1S/C22H25NO4/c1-2-23(14-18-7-4-8-20-22(18)26-12-11-25-20)21(24)15-27-19-10-9-16-5-3-6-17(16)13-19/h4,7-10,13H,2-3,5-6,11-12,14-15H2,1H3. The van der Waals surface area contributed by atoms with E-state index >= 15 is 0 Å². The Balaban J connectivity index is 1.40. The largest absolute Gasteiger partial charge is 0.486 e. The molecule has 0 fully saturated rings. The van der Waals surface area contributed by atoms with Gasteiger partial charge in [0.15, 0.2) is 18.1 Å². The number of carbonyl (C=O) groups excluding carboxylic acids is 1. The van der Waals surface area contributed by atoms with Crippen LogP contribution in [-0.4, -0.2) is 37.2 Å². The first-order chi connectivity index (χ1) is 13.2. The summed E-state index contributed by atoms with van der Waals surface area (Å²) in [4.78, 5) is 14.5. The van der Waals surface area contributed by atoms with Crippen LogP contribution in [0, 0.1) is 0 Å². The third-order valence-electron chi connectivity index (χ3n) is 5.18. The summed E-state index contributed by atoms with van der Waals surface area (Å²) in [6.45, 7) is 4.19. The molecule has 1 aliphatic carbocycles. The Morgan fingerprint density at radius 3 is 2.85 bits per heavy atom. The Hall–Kier alpha value is -2.69. The molecule has 1 amide bonds. The van der Waals surface area contributed by atoms with Crippen molar-refractivity contribution >= 4 is 5.91 Å². The van der Waals surface area contributed by atoms with Crippen LogP contribution in [0.3, 0.4) is 0 Å². The molecule has 0 saturated carbocycles. The van der Waals surface area contributed by atoms with Gasteiger partial charge in [-0.1, -0.05) is 18.2 Å². The minimum atomic E-state index is -0.0349. The first kappa shape index (κ1) is 17.7. The topological polar surface area (TPSA) is 48.0 Å². The highest BCUT2D eigenvalue weighted by atomic mass is 16.6. The van der Waals surface area contributed by atoms with Gasteiger partial charge in [0.2, 0.25) is 0 Å². The van der Waals surface area contributed by atoms with Crippen molar-refractivity contribution in [3.05, 3.63) is 53.1 Å². The van der Waals surface area contributed by atoms with Gasteiger partial charge in [0.1, 0.15) is 19.0 Å². The number of hydrogen-bond acceptors (Lipinski definition) is 4. The van der Waals surface area contributed by atoms with Crippen molar-refractivity contribution in [2.45, 2.75) is 32.7 Å². The van der Waals surface area contributed by atoms with Gasteiger partial charge in [-0.25, -0.2) is 0 Å². The van der Waals surface area contributed by atoms with E-state index in [9.17, 15) is 4.79 Å². The van der Waals surface area contributed by atoms with Crippen LogP contribution >= 0.6 is 0 Å². The monoisotopic (exact) mass is 367 g/mol. The normalized spacial score (nSPS) is 14.6. The Kier molecular flexibility index (Phi) is 5.19. The van der Waals surface area contributed by atoms with E-state index in [1.807, 2.05) is 31.2 Å². The average molecular weight is 367 g/mol. The quantitative estimate of drug-likeness (QED) is 0.785. The van der Waals surface area contributed by atoms with E-state index in [0.717, 1.165) is 35.7 Å². The van der Waals surface area contributed by atoms with Crippen molar-refractivity contribution < 1.29 is 19.0 Å². The number of benzene rings is 2. The lowest BCUT2D eigenvalue weighted by Crippen LogP contribution is -2.34. The van der Waals surface area contributed by atoms with Crippen LogP contribution in [0.1, 0.15) is 30.0 Å². The van der Waals surface area contributed by atoms with Crippen LogP contribution in [0.5, 0.6) is 17.2 Å². The van der Waals surface area contributed by atoms with Gasteiger partial charge in [0.05, 0.1) is 0 Å². The fraction of sp³-hybridized carbons (Fsp3) is 0.409. The SMILES string of the molecule is CCN(Cc1cccc2c1OCCO2)C(=O)COc1ccc2c(c1)CCC2. The lowest BCUT2D eigenvalue weighted by atomic mass is 10.1. The van der Waals surface area contributed by atoms with Gasteiger partial charge >= 0.3 is 0 Å².